The Bertz CT molecular complexity index is 458. The zero-order chi connectivity index (χ0) is 14.8. The van der Waals surface area contributed by atoms with Gasteiger partial charge in [0.2, 0.25) is 6.41 Å². The summed E-state index contributed by atoms with van der Waals surface area (Å²) in [6.07, 6.45) is 5.48. The van der Waals surface area contributed by atoms with E-state index >= 15 is 0 Å². The number of rotatable bonds is 2. The van der Waals surface area contributed by atoms with E-state index in [9.17, 15) is 9.59 Å². The summed E-state index contributed by atoms with van der Waals surface area (Å²) >= 11 is 0. The molecular weight excluding hydrogens is 254 g/mol. The van der Waals surface area contributed by atoms with E-state index in [0.717, 1.165) is 44.3 Å². The average molecular weight is 277 g/mol. The zero-order valence-electron chi connectivity index (χ0n) is 12.3. The molecule has 1 aliphatic carbocycles. The summed E-state index contributed by atoms with van der Waals surface area (Å²) in [4.78, 5) is 29.4. The maximum absolute atomic E-state index is 12.4. The SMILES string of the molecule is CC(C)N=C1C(=O)CC2(CCN(C=O)CC2)CC1=CN. The third kappa shape index (κ3) is 2.92. The van der Waals surface area contributed by atoms with Crippen LogP contribution < -0.4 is 5.73 Å². The first kappa shape index (κ1) is 14.8. The average Bonchev–Trinajstić information content (AvgIpc) is 2.42. The summed E-state index contributed by atoms with van der Waals surface area (Å²) in [5, 5.41) is 0. The van der Waals surface area contributed by atoms with Crippen LogP contribution in [0.15, 0.2) is 16.8 Å². The number of aliphatic imine (C=N–C) groups is 1. The third-order valence-electron chi connectivity index (χ3n) is 4.27. The van der Waals surface area contributed by atoms with Crippen molar-refractivity contribution in [2.45, 2.75) is 45.6 Å². The number of carbonyl (C=O) groups is 2. The fourth-order valence-corrected chi connectivity index (χ4v) is 3.16. The second-order valence-electron chi connectivity index (χ2n) is 6.18. The monoisotopic (exact) mass is 277 g/mol. The van der Waals surface area contributed by atoms with Crippen LogP contribution in [0.3, 0.4) is 0 Å². The normalized spacial score (nSPS) is 26.8. The number of hydrogen-bond donors (Lipinski definition) is 1. The quantitative estimate of drug-likeness (QED) is 0.772. The molecule has 1 heterocycles. The molecule has 1 aliphatic heterocycles. The largest absolute Gasteiger partial charge is 0.404 e. The smallest absolute Gasteiger partial charge is 0.209 e. The van der Waals surface area contributed by atoms with Crippen molar-refractivity contribution in [1.82, 2.24) is 4.90 Å². The molecule has 0 aromatic carbocycles. The molecule has 2 aliphatic rings. The number of piperidine rings is 1. The summed E-state index contributed by atoms with van der Waals surface area (Å²) in [6, 6.07) is 0.0925. The van der Waals surface area contributed by atoms with Crippen LogP contribution in [0.5, 0.6) is 0 Å². The minimum absolute atomic E-state index is 0.0300. The highest BCUT2D eigenvalue weighted by molar-refractivity contribution is 6.47. The van der Waals surface area contributed by atoms with Gasteiger partial charge < -0.3 is 10.6 Å². The predicted molar refractivity (Wildman–Crippen MR) is 78.4 cm³/mol. The Morgan fingerprint density at radius 1 is 1.30 bits per heavy atom. The van der Waals surface area contributed by atoms with Gasteiger partial charge in [-0.1, -0.05) is 0 Å². The van der Waals surface area contributed by atoms with Crippen molar-refractivity contribution < 1.29 is 9.59 Å². The van der Waals surface area contributed by atoms with Crippen molar-refractivity contribution in [2.24, 2.45) is 16.1 Å². The van der Waals surface area contributed by atoms with Crippen LogP contribution in [0, 0.1) is 5.41 Å². The molecule has 1 spiro atoms. The molecule has 1 saturated carbocycles. The molecule has 2 fully saturated rings. The second-order valence-corrected chi connectivity index (χ2v) is 6.18. The van der Waals surface area contributed by atoms with Gasteiger partial charge in [-0.2, -0.15) is 0 Å². The van der Waals surface area contributed by atoms with Gasteiger partial charge in [0.05, 0.1) is 0 Å². The number of amides is 1. The first-order chi connectivity index (χ1) is 9.49. The molecule has 0 bridgehead atoms. The van der Waals surface area contributed by atoms with Crippen molar-refractivity contribution in [3.05, 3.63) is 11.8 Å². The van der Waals surface area contributed by atoms with Gasteiger partial charge >= 0.3 is 0 Å². The van der Waals surface area contributed by atoms with E-state index in [1.807, 2.05) is 13.8 Å². The van der Waals surface area contributed by atoms with Crippen LogP contribution in [0.2, 0.25) is 0 Å². The number of hydrogen-bond acceptors (Lipinski definition) is 4. The minimum atomic E-state index is -0.0300. The second kappa shape index (κ2) is 5.77. The molecule has 0 radical (unpaired) electrons. The van der Waals surface area contributed by atoms with Crippen molar-refractivity contribution in [2.75, 3.05) is 13.1 Å². The molecule has 1 saturated heterocycles. The topological polar surface area (TPSA) is 75.8 Å². The molecule has 0 aromatic rings. The molecule has 0 aromatic heterocycles. The van der Waals surface area contributed by atoms with E-state index in [0.29, 0.717) is 12.1 Å². The number of nitrogens with zero attached hydrogens (tertiary/aromatic N) is 2. The van der Waals surface area contributed by atoms with Crippen LogP contribution in [-0.2, 0) is 9.59 Å². The number of allylic oxidation sites excluding steroid dienone is 1. The Labute approximate surface area is 119 Å². The first-order valence-corrected chi connectivity index (χ1v) is 7.21. The summed E-state index contributed by atoms with van der Waals surface area (Å²) in [5.41, 5.74) is 7.11. The highest BCUT2D eigenvalue weighted by atomic mass is 16.1. The molecule has 0 atom stereocenters. The van der Waals surface area contributed by atoms with Crippen LogP contribution in [-0.4, -0.2) is 41.9 Å². The third-order valence-corrected chi connectivity index (χ3v) is 4.27. The number of ketones is 1. The molecule has 110 valence electrons. The highest BCUT2D eigenvalue weighted by Gasteiger charge is 2.42. The molecule has 5 heteroatoms. The van der Waals surface area contributed by atoms with Crippen molar-refractivity contribution in [1.29, 1.82) is 0 Å². The van der Waals surface area contributed by atoms with Crippen molar-refractivity contribution in [3.63, 3.8) is 0 Å². The van der Waals surface area contributed by atoms with Gasteiger partial charge in [-0.25, -0.2) is 0 Å². The number of carbonyl (C=O) groups excluding carboxylic acids is 2. The van der Waals surface area contributed by atoms with Gasteiger partial charge in [-0.15, -0.1) is 0 Å². The summed E-state index contributed by atoms with van der Waals surface area (Å²) in [5.74, 6) is 0.0983. The van der Waals surface area contributed by atoms with E-state index in [2.05, 4.69) is 4.99 Å². The van der Waals surface area contributed by atoms with Crippen LogP contribution in [0.1, 0.15) is 39.5 Å². The summed E-state index contributed by atoms with van der Waals surface area (Å²) in [7, 11) is 0. The Morgan fingerprint density at radius 3 is 2.45 bits per heavy atom. The van der Waals surface area contributed by atoms with Crippen molar-refractivity contribution >= 4 is 17.9 Å². The van der Waals surface area contributed by atoms with Crippen LogP contribution in [0.4, 0.5) is 0 Å². The number of Topliss-reactive ketones (excluding diaryl/α,β-unsaturated/α-hetero) is 1. The molecular formula is C15H23N3O2. The molecule has 20 heavy (non-hydrogen) atoms. The lowest BCUT2D eigenvalue weighted by molar-refractivity contribution is -0.121. The lowest BCUT2D eigenvalue weighted by atomic mass is 9.65. The van der Waals surface area contributed by atoms with Gasteiger partial charge in [0.15, 0.2) is 5.78 Å². The summed E-state index contributed by atoms with van der Waals surface area (Å²) in [6.45, 7) is 5.37. The summed E-state index contributed by atoms with van der Waals surface area (Å²) < 4.78 is 0. The zero-order valence-corrected chi connectivity index (χ0v) is 12.3. The number of likely N-dealkylation sites (tertiary alicyclic amines) is 1. The lowest BCUT2D eigenvalue weighted by Crippen LogP contribution is -2.45. The molecule has 5 nitrogen and oxygen atoms in total. The van der Waals surface area contributed by atoms with E-state index in [4.69, 9.17) is 5.73 Å². The van der Waals surface area contributed by atoms with Crippen LogP contribution >= 0.6 is 0 Å². The van der Waals surface area contributed by atoms with Gasteiger partial charge in [-0.05, 0) is 50.3 Å². The van der Waals surface area contributed by atoms with E-state index in [-0.39, 0.29) is 17.2 Å². The molecule has 2 N–H and O–H groups in total. The lowest BCUT2D eigenvalue weighted by Gasteiger charge is -2.43. The molecule has 2 rings (SSSR count). The molecule has 0 unspecified atom stereocenters. The number of nitrogens with two attached hydrogens (primary N) is 1. The predicted octanol–water partition coefficient (Wildman–Crippen LogP) is 1.28. The standard InChI is InChI=1S/C15H23N3O2/c1-11(2)17-14-12(9-16)7-15(8-13(14)20)3-5-18(10-19)6-4-15/h9-11H,3-8,16H2,1-2H3. The van der Waals surface area contributed by atoms with Gasteiger partial charge in [0.25, 0.3) is 0 Å². The van der Waals surface area contributed by atoms with E-state index in [1.165, 1.54) is 6.20 Å². The maximum atomic E-state index is 12.4. The van der Waals surface area contributed by atoms with E-state index < -0.39 is 0 Å². The Hall–Kier alpha value is -1.65. The Morgan fingerprint density at radius 2 is 1.95 bits per heavy atom. The minimum Gasteiger partial charge on any atom is -0.404 e. The van der Waals surface area contributed by atoms with E-state index in [1.54, 1.807) is 4.90 Å². The fraction of sp³-hybridized carbons (Fsp3) is 0.667. The Balaban J connectivity index is 2.19. The maximum Gasteiger partial charge on any atom is 0.209 e. The first-order valence-electron chi connectivity index (χ1n) is 7.21. The Kier molecular flexibility index (Phi) is 4.26. The highest BCUT2D eigenvalue weighted by Crippen LogP contribution is 2.44. The van der Waals surface area contributed by atoms with Gasteiger partial charge in [0, 0.05) is 25.6 Å². The van der Waals surface area contributed by atoms with Gasteiger partial charge in [-0.3, -0.25) is 14.6 Å². The fourth-order valence-electron chi connectivity index (χ4n) is 3.16. The van der Waals surface area contributed by atoms with Crippen LogP contribution in [0.25, 0.3) is 0 Å². The van der Waals surface area contributed by atoms with Crippen molar-refractivity contribution in [3.8, 4) is 0 Å². The molecule has 1 amide bonds. The van der Waals surface area contributed by atoms with Gasteiger partial charge in [0.1, 0.15) is 5.71 Å².